The molecule has 0 aliphatic carbocycles. The van der Waals surface area contributed by atoms with Crippen molar-refractivity contribution in [1.29, 1.82) is 0 Å². The summed E-state index contributed by atoms with van der Waals surface area (Å²) in [5.74, 6) is 0.357. The van der Waals surface area contributed by atoms with Crippen LogP contribution in [0.2, 0.25) is 0 Å². The predicted octanol–water partition coefficient (Wildman–Crippen LogP) is 3.47. The van der Waals surface area contributed by atoms with E-state index >= 15 is 0 Å². The molecule has 22 heavy (non-hydrogen) atoms. The molecule has 2 aromatic carbocycles. The van der Waals surface area contributed by atoms with E-state index in [1.165, 1.54) is 0 Å². The summed E-state index contributed by atoms with van der Waals surface area (Å²) in [6.45, 7) is 4.50. The van der Waals surface area contributed by atoms with Gasteiger partial charge in [0.05, 0.1) is 6.61 Å². The van der Waals surface area contributed by atoms with Crippen molar-refractivity contribution in [2.24, 2.45) is 0 Å². The number of hydrogen-bond donors (Lipinski definition) is 1. The smallest absolute Gasteiger partial charge is 0.345 e. The van der Waals surface area contributed by atoms with E-state index in [0.29, 0.717) is 18.8 Å². The lowest BCUT2D eigenvalue weighted by Gasteiger charge is -2.15. The van der Waals surface area contributed by atoms with Crippen LogP contribution in [0, 0.1) is 6.92 Å². The molecule has 0 fully saturated rings. The van der Waals surface area contributed by atoms with Gasteiger partial charge in [-0.1, -0.05) is 29.8 Å². The monoisotopic (exact) mass is 300 g/mol. The van der Waals surface area contributed by atoms with E-state index in [-0.39, 0.29) is 0 Å². The molecule has 1 N–H and O–H groups in total. The highest BCUT2D eigenvalue weighted by molar-refractivity contribution is 5.73. The van der Waals surface area contributed by atoms with Crippen LogP contribution in [0.15, 0.2) is 48.5 Å². The zero-order chi connectivity index (χ0) is 15.9. The first-order valence-electron chi connectivity index (χ1n) is 7.26. The molecule has 2 aromatic rings. The second-order valence-electron chi connectivity index (χ2n) is 5.04. The van der Waals surface area contributed by atoms with Gasteiger partial charge in [0, 0.05) is 6.42 Å². The summed E-state index contributed by atoms with van der Waals surface area (Å²) < 4.78 is 11.0. The fourth-order valence-electron chi connectivity index (χ4n) is 2.06. The number of benzene rings is 2. The van der Waals surface area contributed by atoms with Crippen LogP contribution in [0.1, 0.15) is 18.1 Å². The van der Waals surface area contributed by atoms with Crippen LogP contribution in [0.4, 0.5) is 0 Å². The molecular formula is C18H20O4. The molecule has 4 nitrogen and oxygen atoms in total. The van der Waals surface area contributed by atoms with Crippen LogP contribution in [-0.4, -0.2) is 23.8 Å². The largest absolute Gasteiger partial charge is 0.494 e. The van der Waals surface area contributed by atoms with Crippen molar-refractivity contribution < 1.29 is 19.4 Å². The molecule has 0 bridgehead atoms. The lowest BCUT2D eigenvalue weighted by atomic mass is 10.1. The SMILES string of the molecule is CCOc1ccc(C[C@H](Oc2ccc(C)cc2)C(=O)O)cc1. The first kappa shape index (κ1) is 15.9. The summed E-state index contributed by atoms with van der Waals surface area (Å²) in [5, 5.41) is 9.34. The number of carboxylic acid groups (broad SMARTS) is 1. The zero-order valence-electron chi connectivity index (χ0n) is 12.8. The molecule has 0 saturated carbocycles. The van der Waals surface area contributed by atoms with Gasteiger partial charge in [-0.2, -0.15) is 0 Å². The lowest BCUT2D eigenvalue weighted by Crippen LogP contribution is -2.29. The summed E-state index contributed by atoms with van der Waals surface area (Å²) in [5.41, 5.74) is 1.99. The number of aryl methyl sites for hydroxylation is 1. The van der Waals surface area contributed by atoms with Crippen LogP contribution < -0.4 is 9.47 Å². The topological polar surface area (TPSA) is 55.8 Å². The Morgan fingerprint density at radius 2 is 1.64 bits per heavy atom. The Morgan fingerprint density at radius 3 is 2.18 bits per heavy atom. The van der Waals surface area contributed by atoms with Gasteiger partial charge in [-0.3, -0.25) is 0 Å². The lowest BCUT2D eigenvalue weighted by molar-refractivity contribution is -0.145. The number of carbonyl (C=O) groups is 1. The van der Waals surface area contributed by atoms with E-state index in [9.17, 15) is 9.90 Å². The Hall–Kier alpha value is -2.49. The molecule has 0 saturated heterocycles. The number of hydrogen-bond acceptors (Lipinski definition) is 3. The quantitative estimate of drug-likeness (QED) is 0.850. The van der Waals surface area contributed by atoms with Gasteiger partial charge in [0.25, 0.3) is 0 Å². The number of carboxylic acids is 1. The van der Waals surface area contributed by atoms with Crippen LogP contribution in [-0.2, 0) is 11.2 Å². The van der Waals surface area contributed by atoms with E-state index in [0.717, 1.165) is 16.9 Å². The highest BCUT2D eigenvalue weighted by Gasteiger charge is 2.20. The van der Waals surface area contributed by atoms with Crippen molar-refractivity contribution in [2.75, 3.05) is 6.61 Å². The second kappa shape index (κ2) is 7.50. The van der Waals surface area contributed by atoms with Crippen molar-refractivity contribution in [3.63, 3.8) is 0 Å². The standard InChI is InChI=1S/C18H20O4/c1-3-21-15-10-6-14(7-11-15)12-17(18(19)20)22-16-8-4-13(2)5-9-16/h4-11,17H,3,12H2,1-2H3,(H,19,20)/t17-/m0/s1. The van der Waals surface area contributed by atoms with Gasteiger partial charge in [0.15, 0.2) is 6.10 Å². The van der Waals surface area contributed by atoms with Crippen LogP contribution >= 0.6 is 0 Å². The third-order valence-electron chi connectivity index (χ3n) is 3.23. The van der Waals surface area contributed by atoms with Gasteiger partial charge in [0.2, 0.25) is 0 Å². The molecule has 2 rings (SSSR count). The number of aliphatic carboxylic acids is 1. The maximum atomic E-state index is 11.4. The average molecular weight is 300 g/mol. The summed E-state index contributed by atoms with van der Waals surface area (Å²) in [6, 6.07) is 14.7. The highest BCUT2D eigenvalue weighted by Crippen LogP contribution is 2.18. The predicted molar refractivity (Wildman–Crippen MR) is 84.5 cm³/mol. The van der Waals surface area contributed by atoms with Gasteiger partial charge in [-0.25, -0.2) is 4.79 Å². The fourth-order valence-corrected chi connectivity index (χ4v) is 2.06. The van der Waals surface area contributed by atoms with Crippen LogP contribution in [0.25, 0.3) is 0 Å². The van der Waals surface area contributed by atoms with Crippen molar-refractivity contribution >= 4 is 5.97 Å². The van der Waals surface area contributed by atoms with Crippen molar-refractivity contribution in [3.05, 3.63) is 59.7 Å². The highest BCUT2D eigenvalue weighted by atomic mass is 16.5. The molecule has 0 aromatic heterocycles. The fraction of sp³-hybridized carbons (Fsp3) is 0.278. The summed E-state index contributed by atoms with van der Waals surface area (Å²) in [4.78, 5) is 11.4. The summed E-state index contributed by atoms with van der Waals surface area (Å²) >= 11 is 0. The summed E-state index contributed by atoms with van der Waals surface area (Å²) in [7, 11) is 0. The third-order valence-corrected chi connectivity index (χ3v) is 3.23. The van der Waals surface area contributed by atoms with Crippen molar-refractivity contribution in [2.45, 2.75) is 26.4 Å². The van der Waals surface area contributed by atoms with Crippen LogP contribution in [0.5, 0.6) is 11.5 Å². The zero-order valence-corrected chi connectivity index (χ0v) is 12.8. The molecule has 0 spiro atoms. The third kappa shape index (κ3) is 4.52. The van der Waals surface area contributed by atoms with Crippen molar-refractivity contribution in [1.82, 2.24) is 0 Å². The van der Waals surface area contributed by atoms with E-state index in [1.54, 1.807) is 12.1 Å². The molecule has 0 unspecified atom stereocenters. The molecule has 0 aliphatic heterocycles. The average Bonchev–Trinajstić information content (AvgIpc) is 2.51. The maximum Gasteiger partial charge on any atom is 0.345 e. The maximum absolute atomic E-state index is 11.4. The van der Waals surface area contributed by atoms with E-state index in [2.05, 4.69) is 0 Å². The van der Waals surface area contributed by atoms with E-state index < -0.39 is 12.1 Å². The van der Waals surface area contributed by atoms with Gasteiger partial charge in [0.1, 0.15) is 11.5 Å². The van der Waals surface area contributed by atoms with Gasteiger partial charge < -0.3 is 14.6 Å². The van der Waals surface area contributed by atoms with Crippen LogP contribution in [0.3, 0.4) is 0 Å². The Balaban J connectivity index is 2.05. The Bertz CT molecular complexity index is 602. The molecule has 0 heterocycles. The Kier molecular flexibility index (Phi) is 5.42. The van der Waals surface area contributed by atoms with Gasteiger partial charge >= 0.3 is 5.97 Å². The molecule has 0 radical (unpaired) electrons. The summed E-state index contributed by atoms with van der Waals surface area (Å²) in [6.07, 6.45) is -0.615. The molecular weight excluding hydrogens is 280 g/mol. The molecule has 116 valence electrons. The Labute approximate surface area is 130 Å². The minimum Gasteiger partial charge on any atom is -0.494 e. The minimum atomic E-state index is -0.977. The molecule has 1 atom stereocenters. The second-order valence-corrected chi connectivity index (χ2v) is 5.04. The number of rotatable bonds is 7. The molecule has 0 amide bonds. The molecule has 4 heteroatoms. The molecule has 0 aliphatic rings. The normalized spacial score (nSPS) is 11.7. The first-order chi connectivity index (χ1) is 10.6. The minimum absolute atomic E-state index is 0.301. The van der Waals surface area contributed by atoms with Gasteiger partial charge in [-0.15, -0.1) is 0 Å². The van der Waals surface area contributed by atoms with Crippen molar-refractivity contribution in [3.8, 4) is 11.5 Å². The van der Waals surface area contributed by atoms with E-state index in [4.69, 9.17) is 9.47 Å². The van der Waals surface area contributed by atoms with E-state index in [1.807, 2.05) is 50.2 Å². The number of ether oxygens (including phenoxy) is 2. The Morgan fingerprint density at radius 1 is 1.05 bits per heavy atom. The van der Waals surface area contributed by atoms with Gasteiger partial charge in [-0.05, 0) is 43.7 Å². The first-order valence-corrected chi connectivity index (χ1v) is 7.26.